The Kier molecular flexibility index (Phi) is 4.50. The topological polar surface area (TPSA) is 38.7 Å². The number of hydrogen-bond acceptors (Lipinski definition) is 2. The Morgan fingerprint density at radius 3 is 1.73 bits per heavy atom. The molecule has 0 N–H and O–H groups in total. The summed E-state index contributed by atoms with van der Waals surface area (Å²) in [6.07, 6.45) is -0.489. The van der Waals surface area contributed by atoms with Gasteiger partial charge in [-0.15, -0.1) is 0 Å². The molecule has 0 radical (unpaired) electrons. The number of carbonyl (C=O) groups excluding carboxylic acids is 1. The zero-order valence-electron chi connectivity index (χ0n) is 11.0. The summed E-state index contributed by atoms with van der Waals surface area (Å²) < 4.78 is 4.84. The zero-order chi connectivity index (χ0) is 12.3. The number of amides is 1. The molecule has 0 fully saturated rings. The van der Waals surface area contributed by atoms with Crippen molar-refractivity contribution in [2.45, 2.75) is 48.5 Å². The van der Waals surface area contributed by atoms with E-state index in [-0.39, 0.29) is 10.8 Å². The Bertz CT molecular complexity index is 238. The lowest BCUT2D eigenvalue weighted by molar-refractivity contribution is 0.163. The average molecular weight is 213 g/mol. The molecule has 0 aliphatic carbocycles. The SMILES string of the molecule is CCOC(=O)N=C(C(C)(C)C)C(C)(C)C. The average Bonchev–Trinajstić information content (AvgIpc) is 1.96. The highest BCUT2D eigenvalue weighted by Gasteiger charge is 2.30. The Hall–Kier alpha value is -0.860. The van der Waals surface area contributed by atoms with Crippen molar-refractivity contribution >= 4 is 11.8 Å². The molecule has 0 saturated carbocycles. The molecular formula is C12H23NO2. The first kappa shape index (κ1) is 14.1. The number of rotatable bonds is 1. The van der Waals surface area contributed by atoms with Crippen molar-refractivity contribution in [2.24, 2.45) is 15.8 Å². The van der Waals surface area contributed by atoms with Crippen molar-refractivity contribution in [3.8, 4) is 0 Å². The second-order valence-corrected chi connectivity index (χ2v) is 5.66. The molecule has 1 amide bonds. The summed E-state index contributed by atoms with van der Waals surface area (Å²) in [5, 5.41) is 0. The Labute approximate surface area is 92.9 Å². The molecule has 0 saturated heterocycles. The van der Waals surface area contributed by atoms with E-state index in [2.05, 4.69) is 46.5 Å². The molecule has 0 unspecified atom stereocenters. The fourth-order valence-electron chi connectivity index (χ4n) is 1.71. The molecule has 88 valence electrons. The van der Waals surface area contributed by atoms with Crippen molar-refractivity contribution in [2.75, 3.05) is 6.61 Å². The van der Waals surface area contributed by atoms with Gasteiger partial charge < -0.3 is 4.74 Å². The van der Waals surface area contributed by atoms with Crippen molar-refractivity contribution in [3.05, 3.63) is 0 Å². The molecule has 0 aromatic rings. The first-order valence-electron chi connectivity index (χ1n) is 5.35. The Morgan fingerprint density at radius 2 is 1.47 bits per heavy atom. The molecule has 15 heavy (non-hydrogen) atoms. The van der Waals surface area contributed by atoms with Gasteiger partial charge >= 0.3 is 6.09 Å². The van der Waals surface area contributed by atoms with Gasteiger partial charge in [0.05, 0.1) is 6.61 Å². The van der Waals surface area contributed by atoms with Gasteiger partial charge in [0, 0.05) is 16.5 Å². The maximum Gasteiger partial charge on any atom is 0.433 e. The van der Waals surface area contributed by atoms with Crippen molar-refractivity contribution in [1.82, 2.24) is 0 Å². The van der Waals surface area contributed by atoms with E-state index in [9.17, 15) is 4.79 Å². The van der Waals surface area contributed by atoms with Crippen LogP contribution in [0.1, 0.15) is 48.5 Å². The van der Waals surface area contributed by atoms with Crippen LogP contribution in [0.15, 0.2) is 4.99 Å². The van der Waals surface area contributed by atoms with E-state index in [1.807, 2.05) is 0 Å². The van der Waals surface area contributed by atoms with E-state index < -0.39 is 6.09 Å². The van der Waals surface area contributed by atoms with Crippen LogP contribution in [0.25, 0.3) is 0 Å². The number of ether oxygens (including phenoxy) is 1. The minimum atomic E-state index is -0.489. The summed E-state index contributed by atoms with van der Waals surface area (Å²) in [4.78, 5) is 15.4. The number of hydrogen-bond donors (Lipinski definition) is 0. The highest BCUT2D eigenvalue weighted by Crippen LogP contribution is 2.30. The lowest BCUT2D eigenvalue weighted by Gasteiger charge is -2.31. The molecule has 0 aromatic carbocycles. The van der Waals surface area contributed by atoms with E-state index in [0.717, 1.165) is 5.71 Å². The molecule has 0 heterocycles. The van der Waals surface area contributed by atoms with Crippen LogP contribution in [-0.4, -0.2) is 18.4 Å². The number of carbonyl (C=O) groups is 1. The van der Waals surface area contributed by atoms with Crippen molar-refractivity contribution in [3.63, 3.8) is 0 Å². The minimum absolute atomic E-state index is 0.120. The van der Waals surface area contributed by atoms with Crippen LogP contribution < -0.4 is 0 Å². The van der Waals surface area contributed by atoms with Gasteiger partial charge in [-0.1, -0.05) is 41.5 Å². The lowest BCUT2D eigenvalue weighted by atomic mass is 9.75. The monoisotopic (exact) mass is 213 g/mol. The second kappa shape index (κ2) is 4.77. The van der Waals surface area contributed by atoms with E-state index in [1.165, 1.54) is 0 Å². The summed E-state index contributed by atoms with van der Waals surface area (Å²) >= 11 is 0. The highest BCUT2D eigenvalue weighted by atomic mass is 16.5. The van der Waals surface area contributed by atoms with Crippen LogP contribution in [0.2, 0.25) is 0 Å². The predicted molar refractivity (Wildman–Crippen MR) is 63.4 cm³/mol. The smallest absolute Gasteiger partial charge is 0.433 e. The molecule has 0 bridgehead atoms. The standard InChI is InChI=1S/C12H23NO2/c1-8-15-10(14)13-9(11(2,3)4)12(5,6)7/h8H2,1-7H3. The van der Waals surface area contributed by atoms with Crippen LogP contribution in [0, 0.1) is 10.8 Å². The molecule has 0 aliphatic heterocycles. The second-order valence-electron chi connectivity index (χ2n) is 5.66. The van der Waals surface area contributed by atoms with E-state index >= 15 is 0 Å². The van der Waals surface area contributed by atoms with Crippen LogP contribution in [0.3, 0.4) is 0 Å². The summed E-state index contributed by atoms with van der Waals surface area (Å²) in [6.45, 7) is 14.5. The summed E-state index contributed by atoms with van der Waals surface area (Å²) in [5.74, 6) is 0. The first-order chi connectivity index (χ1) is 6.59. The van der Waals surface area contributed by atoms with Crippen molar-refractivity contribution < 1.29 is 9.53 Å². The van der Waals surface area contributed by atoms with Gasteiger partial charge in [0.1, 0.15) is 0 Å². The molecule has 0 aliphatic rings. The van der Waals surface area contributed by atoms with Crippen LogP contribution >= 0.6 is 0 Å². The van der Waals surface area contributed by atoms with Crippen molar-refractivity contribution in [1.29, 1.82) is 0 Å². The molecule has 0 rings (SSSR count). The van der Waals surface area contributed by atoms with Gasteiger partial charge in [-0.05, 0) is 6.92 Å². The molecule has 3 heteroatoms. The Balaban J connectivity index is 5.05. The van der Waals surface area contributed by atoms with Crippen LogP contribution in [0.5, 0.6) is 0 Å². The fourth-order valence-corrected chi connectivity index (χ4v) is 1.71. The van der Waals surface area contributed by atoms with E-state index in [4.69, 9.17) is 4.74 Å². The number of nitrogens with zero attached hydrogens (tertiary/aromatic N) is 1. The molecular weight excluding hydrogens is 190 g/mol. The van der Waals surface area contributed by atoms with Gasteiger partial charge in [-0.25, -0.2) is 4.79 Å². The fraction of sp³-hybridized carbons (Fsp3) is 0.833. The maximum absolute atomic E-state index is 11.3. The molecule has 0 aromatic heterocycles. The summed E-state index contributed by atoms with van der Waals surface area (Å²) in [6, 6.07) is 0. The summed E-state index contributed by atoms with van der Waals surface area (Å²) in [5.41, 5.74) is 0.629. The van der Waals surface area contributed by atoms with E-state index in [1.54, 1.807) is 6.92 Å². The maximum atomic E-state index is 11.3. The Morgan fingerprint density at radius 1 is 1.07 bits per heavy atom. The van der Waals surface area contributed by atoms with Gasteiger partial charge in [0.15, 0.2) is 0 Å². The summed E-state index contributed by atoms with van der Waals surface area (Å²) in [7, 11) is 0. The molecule has 3 nitrogen and oxygen atoms in total. The van der Waals surface area contributed by atoms with Gasteiger partial charge in [-0.2, -0.15) is 4.99 Å². The third-order valence-corrected chi connectivity index (χ3v) is 1.89. The first-order valence-corrected chi connectivity index (χ1v) is 5.35. The third-order valence-electron chi connectivity index (χ3n) is 1.89. The number of aliphatic imine (C=N–C) groups is 1. The quantitative estimate of drug-likeness (QED) is 0.623. The highest BCUT2D eigenvalue weighted by molar-refractivity contribution is 5.99. The zero-order valence-corrected chi connectivity index (χ0v) is 11.0. The third kappa shape index (κ3) is 4.96. The molecule has 0 spiro atoms. The van der Waals surface area contributed by atoms with Gasteiger partial charge in [-0.3, -0.25) is 0 Å². The van der Waals surface area contributed by atoms with Crippen LogP contribution in [0.4, 0.5) is 4.79 Å². The normalized spacial score (nSPS) is 12.2. The minimum Gasteiger partial charge on any atom is -0.448 e. The lowest BCUT2D eigenvalue weighted by Crippen LogP contribution is -2.34. The van der Waals surface area contributed by atoms with Crippen LogP contribution in [-0.2, 0) is 4.74 Å². The van der Waals surface area contributed by atoms with E-state index in [0.29, 0.717) is 6.61 Å². The largest absolute Gasteiger partial charge is 0.448 e. The van der Waals surface area contributed by atoms with Gasteiger partial charge in [0.25, 0.3) is 0 Å². The predicted octanol–water partition coefficient (Wildman–Crippen LogP) is 3.68. The molecule has 0 atom stereocenters. The van der Waals surface area contributed by atoms with Gasteiger partial charge in [0.2, 0.25) is 0 Å².